The Morgan fingerprint density at radius 2 is 2.05 bits per heavy atom. The smallest absolute Gasteiger partial charge is 0.251 e. The number of carbonyl (C=O) groups is 1. The summed E-state index contributed by atoms with van der Waals surface area (Å²) < 4.78 is 3.22. The van der Waals surface area contributed by atoms with Crippen LogP contribution in [0.5, 0.6) is 0 Å². The fraction of sp³-hybridized carbons (Fsp3) is 0.500. The van der Waals surface area contributed by atoms with Gasteiger partial charge in [0, 0.05) is 13.0 Å². The fourth-order valence-corrected chi connectivity index (χ4v) is 4.00. The van der Waals surface area contributed by atoms with Gasteiger partial charge >= 0.3 is 0 Å². The summed E-state index contributed by atoms with van der Waals surface area (Å²) >= 11 is 1.61. The first-order chi connectivity index (χ1) is 9.65. The lowest BCUT2D eigenvalue weighted by atomic mass is 9.89. The lowest BCUT2D eigenvalue weighted by Gasteiger charge is -2.17. The first kappa shape index (κ1) is 13.6. The lowest BCUT2D eigenvalue weighted by molar-refractivity contribution is -0.122. The van der Waals surface area contributed by atoms with Crippen LogP contribution in [0.15, 0.2) is 23.2 Å². The predicted molar refractivity (Wildman–Crippen MR) is 82.7 cm³/mol. The molecule has 1 heterocycles. The van der Waals surface area contributed by atoms with Crippen molar-refractivity contribution in [3.8, 4) is 0 Å². The highest BCUT2D eigenvalue weighted by molar-refractivity contribution is 7.16. The van der Waals surface area contributed by atoms with E-state index in [-0.39, 0.29) is 11.8 Å². The van der Waals surface area contributed by atoms with Crippen LogP contribution in [0.25, 0.3) is 10.2 Å². The van der Waals surface area contributed by atoms with E-state index in [0.29, 0.717) is 0 Å². The van der Waals surface area contributed by atoms with Gasteiger partial charge in [-0.2, -0.15) is 4.99 Å². The number of aryl methyl sites for hydroxylation is 2. The van der Waals surface area contributed by atoms with Crippen LogP contribution in [-0.2, 0) is 11.8 Å². The molecule has 1 aliphatic carbocycles. The topological polar surface area (TPSA) is 34.4 Å². The largest absolute Gasteiger partial charge is 0.319 e. The van der Waals surface area contributed by atoms with Gasteiger partial charge in [0.05, 0.1) is 10.2 Å². The average molecular weight is 288 g/mol. The van der Waals surface area contributed by atoms with Crippen LogP contribution in [0.1, 0.15) is 37.7 Å². The molecule has 1 saturated carbocycles. The summed E-state index contributed by atoms with van der Waals surface area (Å²) in [5, 5.41) is 0. The minimum Gasteiger partial charge on any atom is -0.319 e. The molecule has 0 saturated heterocycles. The minimum atomic E-state index is 0.0728. The third-order valence-electron chi connectivity index (χ3n) is 4.13. The Hall–Kier alpha value is -1.42. The number of benzene rings is 1. The molecule has 0 atom stereocenters. The molecule has 0 bridgehead atoms. The Morgan fingerprint density at radius 3 is 2.80 bits per heavy atom. The molecule has 2 aromatic rings. The molecule has 0 N–H and O–H groups in total. The number of thiazole rings is 1. The molecule has 106 valence electrons. The Kier molecular flexibility index (Phi) is 3.74. The van der Waals surface area contributed by atoms with E-state index < -0.39 is 0 Å². The molecular weight excluding hydrogens is 268 g/mol. The van der Waals surface area contributed by atoms with Crippen LogP contribution in [0.2, 0.25) is 0 Å². The number of hydrogen-bond acceptors (Lipinski definition) is 2. The molecule has 0 spiro atoms. The van der Waals surface area contributed by atoms with Gasteiger partial charge in [-0.15, -0.1) is 0 Å². The van der Waals surface area contributed by atoms with Crippen LogP contribution in [0.3, 0.4) is 0 Å². The molecule has 1 aromatic carbocycles. The molecule has 3 nitrogen and oxygen atoms in total. The van der Waals surface area contributed by atoms with E-state index in [1.54, 1.807) is 11.3 Å². The summed E-state index contributed by atoms with van der Waals surface area (Å²) in [5.74, 6) is 0.222. The molecule has 1 amide bonds. The van der Waals surface area contributed by atoms with Crippen LogP contribution < -0.4 is 4.80 Å². The highest BCUT2D eigenvalue weighted by Gasteiger charge is 2.20. The van der Waals surface area contributed by atoms with E-state index in [1.165, 1.54) is 29.5 Å². The monoisotopic (exact) mass is 288 g/mol. The second-order valence-electron chi connectivity index (χ2n) is 5.70. The van der Waals surface area contributed by atoms with E-state index in [0.717, 1.165) is 23.2 Å². The number of aromatic nitrogens is 1. The molecule has 4 heteroatoms. The number of nitrogens with zero attached hydrogens (tertiary/aromatic N) is 2. The summed E-state index contributed by atoms with van der Waals surface area (Å²) in [7, 11) is 1.99. The van der Waals surface area contributed by atoms with Gasteiger partial charge in [-0.25, -0.2) is 0 Å². The van der Waals surface area contributed by atoms with Gasteiger partial charge in [0.15, 0.2) is 4.80 Å². The summed E-state index contributed by atoms with van der Waals surface area (Å²) in [5.41, 5.74) is 2.39. The lowest BCUT2D eigenvalue weighted by Crippen LogP contribution is -2.20. The predicted octanol–water partition coefficient (Wildman–Crippen LogP) is 3.56. The SMILES string of the molecule is Cc1ccc2c(c1)sc(=NC(=O)C1CCCCC1)n2C. The second-order valence-corrected chi connectivity index (χ2v) is 6.71. The average Bonchev–Trinajstić information content (AvgIpc) is 2.75. The Morgan fingerprint density at radius 1 is 1.30 bits per heavy atom. The van der Waals surface area contributed by atoms with Crippen LogP contribution in [0, 0.1) is 12.8 Å². The maximum Gasteiger partial charge on any atom is 0.251 e. The zero-order valence-electron chi connectivity index (χ0n) is 12.1. The fourth-order valence-electron chi connectivity index (χ4n) is 2.88. The Bertz CT molecular complexity index is 705. The standard InChI is InChI=1S/C16H20N2OS/c1-11-8-9-13-14(10-11)20-16(18(13)2)17-15(19)12-6-4-3-5-7-12/h8-10,12H,3-7H2,1-2H3. The molecule has 0 aliphatic heterocycles. The van der Waals surface area contributed by atoms with E-state index in [4.69, 9.17) is 0 Å². The molecule has 3 rings (SSSR count). The molecule has 20 heavy (non-hydrogen) atoms. The van der Waals surface area contributed by atoms with Gasteiger partial charge in [-0.1, -0.05) is 36.7 Å². The summed E-state index contributed by atoms with van der Waals surface area (Å²) in [6.45, 7) is 2.09. The van der Waals surface area contributed by atoms with Gasteiger partial charge in [-0.3, -0.25) is 4.79 Å². The molecule has 1 aromatic heterocycles. The molecule has 0 unspecified atom stereocenters. The van der Waals surface area contributed by atoms with Crippen molar-refractivity contribution in [3.63, 3.8) is 0 Å². The van der Waals surface area contributed by atoms with Crippen molar-refractivity contribution < 1.29 is 4.79 Å². The number of fused-ring (bicyclic) bond motifs is 1. The van der Waals surface area contributed by atoms with Crippen LogP contribution in [0.4, 0.5) is 0 Å². The van der Waals surface area contributed by atoms with Gasteiger partial charge in [-0.05, 0) is 37.5 Å². The number of amides is 1. The van der Waals surface area contributed by atoms with E-state index >= 15 is 0 Å². The number of rotatable bonds is 1. The Balaban J connectivity index is 1.98. The quantitative estimate of drug-likeness (QED) is 0.790. The van der Waals surface area contributed by atoms with Gasteiger partial charge in [0.1, 0.15) is 0 Å². The number of carbonyl (C=O) groups excluding carboxylic acids is 1. The summed E-state index contributed by atoms with van der Waals surface area (Å²) in [6.07, 6.45) is 5.62. The molecule has 1 fully saturated rings. The first-order valence-corrected chi connectivity index (χ1v) is 8.11. The molecule has 0 radical (unpaired) electrons. The second kappa shape index (κ2) is 5.52. The summed E-state index contributed by atoms with van der Waals surface area (Å²) in [4.78, 5) is 17.5. The third kappa shape index (κ3) is 2.57. The van der Waals surface area contributed by atoms with Crippen molar-refractivity contribution in [1.82, 2.24) is 4.57 Å². The van der Waals surface area contributed by atoms with Gasteiger partial charge < -0.3 is 4.57 Å². The number of hydrogen-bond donors (Lipinski definition) is 0. The zero-order chi connectivity index (χ0) is 14.1. The van der Waals surface area contributed by atoms with E-state index in [2.05, 4.69) is 30.1 Å². The maximum atomic E-state index is 12.3. The van der Waals surface area contributed by atoms with Gasteiger partial charge in [0.25, 0.3) is 5.91 Å². The minimum absolute atomic E-state index is 0.0728. The van der Waals surface area contributed by atoms with E-state index in [9.17, 15) is 4.79 Å². The maximum absolute atomic E-state index is 12.3. The van der Waals surface area contributed by atoms with Gasteiger partial charge in [0.2, 0.25) is 0 Å². The Labute approximate surface area is 123 Å². The van der Waals surface area contributed by atoms with Crippen molar-refractivity contribution in [3.05, 3.63) is 28.6 Å². The van der Waals surface area contributed by atoms with Crippen LogP contribution in [-0.4, -0.2) is 10.5 Å². The van der Waals surface area contributed by atoms with Crippen molar-refractivity contribution in [1.29, 1.82) is 0 Å². The van der Waals surface area contributed by atoms with Crippen molar-refractivity contribution in [2.75, 3.05) is 0 Å². The first-order valence-electron chi connectivity index (χ1n) is 7.30. The van der Waals surface area contributed by atoms with Crippen molar-refractivity contribution in [2.45, 2.75) is 39.0 Å². The highest BCUT2D eigenvalue weighted by atomic mass is 32.1. The zero-order valence-corrected chi connectivity index (χ0v) is 12.9. The van der Waals surface area contributed by atoms with Crippen molar-refractivity contribution >= 4 is 27.5 Å². The van der Waals surface area contributed by atoms with Crippen LogP contribution >= 0.6 is 11.3 Å². The normalized spacial score (nSPS) is 17.8. The third-order valence-corrected chi connectivity index (χ3v) is 5.22. The molecular formula is C16H20N2OS. The summed E-state index contributed by atoms with van der Waals surface area (Å²) in [6, 6.07) is 6.36. The highest BCUT2D eigenvalue weighted by Crippen LogP contribution is 2.24. The van der Waals surface area contributed by atoms with E-state index in [1.807, 2.05) is 11.6 Å². The molecule has 1 aliphatic rings. The van der Waals surface area contributed by atoms with Crippen molar-refractivity contribution in [2.24, 2.45) is 18.0 Å².